The molecule has 2 N–H and O–H groups in total. The van der Waals surface area contributed by atoms with Crippen molar-refractivity contribution in [1.82, 2.24) is 0 Å². The van der Waals surface area contributed by atoms with Crippen LogP contribution in [0.1, 0.15) is 36.5 Å². The number of benzene rings is 1. The summed E-state index contributed by atoms with van der Waals surface area (Å²) in [6, 6.07) is 6.24. The minimum Gasteiger partial charge on any atom is -0.511 e. The molecule has 1 aromatic rings. The van der Waals surface area contributed by atoms with Gasteiger partial charge in [0, 0.05) is 7.11 Å². The maximum Gasteiger partial charge on any atom is 0.200 e. The molecule has 0 spiro atoms. The third-order valence-electron chi connectivity index (χ3n) is 3.81. The van der Waals surface area contributed by atoms with Gasteiger partial charge in [-0.25, -0.2) is 0 Å². The summed E-state index contributed by atoms with van der Waals surface area (Å²) in [4.78, 5) is 12.5. The molecule has 0 heterocycles. The molecule has 2 rings (SSSR count). The quantitative estimate of drug-likeness (QED) is 0.457. The maximum atomic E-state index is 12.5. The summed E-state index contributed by atoms with van der Waals surface area (Å²) in [5, 5.41) is 20.1. The fourth-order valence-electron chi connectivity index (χ4n) is 2.40. The number of hydrogen-bond acceptors (Lipinski definition) is 5. The number of Topliss-reactive ketones (excluding diaryl/α,β-unsaturated/α-hetero) is 1. The number of ether oxygens (including phenoxy) is 2. The van der Waals surface area contributed by atoms with E-state index in [0.29, 0.717) is 6.61 Å². The average Bonchev–Trinajstić information content (AvgIpc) is 2.55. The lowest BCUT2D eigenvalue weighted by Gasteiger charge is -2.32. The molecule has 0 aromatic heterocycles. The van der Waals surface area contributed by atoms with Crippen LogP contribution >= 0.6 is 0 Å². The fourth-order valence-corrected chi connectivity index (χ4v) is 2.40. The van der Waals surface area contributed by atoms with Gasteiger partial charge in [0.1, 0.15) is 11.5 Å². The largest absolute Gasteiger partial charge is 0.511 e. The number of para-hydroxylation sites is 1. The van der Waals surface area contributed by atoms with E-state index in [0.717, 1.165) is 12.8 Å². The summed E-state index contributed by atoms with van der Waals surface area (Å²) in [6.45, 7) is 2.56. The second kappa shape index (κ2) is 7.44. The van der Waals surface area contributed by atoms with Gasteiger partial charge < -0.3 is 19.7 Å². The van der Waals surface area contributed by atoms with Crippen molar-refractivity contribution in [3.8, 4) is 5.75 Å². The third kappa shape index (κ3) is 3.81. The van der Waals surface area contributed by atoms with Crippen LogP contribution in [0.15, 0.2) is 47.7 Å². The number of aliphatic hydroxyl groups excluding tert-OH is 1. The van der Waals surface area contributed by atoms with Crippen molar-refractivity contribution in [2.45, 2.75) is 32.0 Å². The minimum atomic E-state index is -1.05. The number of ketones is 1. The molecule has 124 valence electrons. The van der Waals surface area contributed by atoms with Gasteiger partial charge in [0.15, 0.2) is 11.6 Å². The maximum absolute atomic E-state index is 12.5. The predicted molar refractivity (Wildman–Crippen MR) is 86.4 cm³/mol. The fraction of sp³-hybridized carbons (Fsp3) is 0.389. The summed E-state index contributed by atoms with van der Waals surface area (Å²) in [6.07, 6.45) is 5.05. The molecule has 23 heavy (non-hydrogen) atoms. The van der Waals surface area contributed by atoms with Crippen molar-refractivity contribution in [3.05, 3.63) is 53.3 Å². The summed E-state index contributed by atoms with van der Waals surface area (Å²) in [5.41, 5.74) is 0.286. The van der Waals surface area contributed by atoms with E-state index < -0.39 is 11.6 Å². The second-order valence-electron chi connectivity index (χ2n) is 5.43. The van der Waals surface area contributed by atoms with Crippen molar-refractivity contribution < 1.29 is 24.5 Å². The van der Waals surface area contributed by atoms with E-state index in [4.69, 9.17) is 9.47 Å². The molecule has 5 heteroatoms. The number of methoxy groups -OCH3 is 1. The first-order valence-electron chi connectivity index (χ1n) is 7.66. The number of rotatable bonds is 7. The Labute approximate surface area is 135 Å². The highest BCUT2D eigenvalue weighted by Crippen LogP contribution is 2.32. The van der Waals surface area contributed by atoms with E-state index in [9.17, 15) is 15.0 Å². The van der Waals surface area contributed by atoms with E-state index in [-0.39, 0.29) is 29.1 Å². The van der Waals surface area contributed by atoms with E-state index in [2.05, 4.69) is 6.92 Å². The normalized spacial score (nSPS) is 20.8. The molecule has 1 aliphatic carbocycles. The number of aromatic hydroxyl groups is 1. The number of carbonyl (C=O) groups excluding carboxylic acids is 1. The summed E-state index contributed by atoms with van der Waals surface area (Å²) >= 11 is 0. The monoisotopic (exact) mass is 318 g/mol. The predicted octanol–water partition coefficient (Wildman–Crippen LogP) is 3.51. The van der Waals surface area contributed by atoms with Crippen molar-refractivity contribution in [3.63, 3.8) is 0 Å². The molecule has 0 amide bonds. The van der Waals surface area contributed by atoms with Crippen LogP contribution in [-0.4, -0.2) is 35.5 Å². The van der Waals surface area contributed by atoms with Crippen LogP contribution in [0.4, 0.5) is 0 Å². The first-order chi connectivity index (χ1) is 11.0. The molecule has 0 fully saturated rings. The molecule has 5 nitrogen and oxygen atoms in total. The van der Waals surface area contributed by atoms with E-state index in [1.807, 2.05) is 0 Å². The Bertz CT molecular complexity index is 632. The molecule has 1 unspecified atom stereocenters. The Morgan fingerprint density at radius 2 is 2.04 bits per heavy atom. The lowest BCUT2D eigenvalue weighted by molar-refractivity contribution is -0.191. The SMILES string of the molecule is CCCCOC1(OC)C=CC(C(=O)c2ccccc2O)=C(O)C1. The van der Waals surface area contributed by atoms with Crippen molar-refractivity contribution in [2.75, 3.05) is 13.7 Å². The molecule has 0 aliphatic heterocycles. The smallest absolute Gasteiger partial charge is 0.200 e. The summed E-state index contributed by atoms with van der Waals surface area (Å²) in [7, 11) is 1.50. The topological polar surface area (TPSA) is 76.0 Å². The van der Waals surface area contributed by atoms with E-state index >= 15 is 0 Å². The standard InChI is InChI=1S/C18H22O5/c1-3-4-11-23-18(22-2)10-9-14(16(20)12-18)17(21)13-7-5-6-8-15(13)19/h5-10,19-20H,3-4,11-12H2,1-2H3. The number of phenols is 1. The zero-order valence-electron chi connectivity index (χ0n) is 13.4. The Morgan fingerprint density at radius 3 is 2.65 bits per heavy atom. The van der Waals surface area contributed by atoms with Crippen LogP contribution in [0.2, 0.25) is 0 Å². The number of phenolic OH excluding ortho intramolecular Hbond substituents is 1. The van der Waals surface area contributed by atoms with Gasteiger partial charge in [-0.1, -0.05) is 25.5 Å². The summed E-state index contributed by atoms with van der Waals surface area (Å²) < 4.78 is 11.1. The minimum absolute atomic E-state index is 0.0540. The molecule has 0 radical (unpaired) electrons. The van der Waals surface area contributed by atoms with Crippen LogP contribution in [0.3, 0.4) is 0 Å². The molecule has 1 aliphatic rings. The van der Waals surface area contributed by atoms with Crippen LogP contribution in [0.25, 0.3) is 0 Å². The zero-order chi connectivity index (χ0) is 16.9. The van der Waals surface area contributed by atoms with Crippen molar-refractivity contribution in [1.29, 1.82) is 0 Å². The molecule has 0 bridgehead atoms. The summed E-state index contributed by atoms with van der Waals surface area (Å²) in [5.74, 6) is -1.72. The molecule has 0 saturated carbocycles. The van der Waals surface area contributed by atoms with Gasteiger partial charge in [0.25, 0.3) is 0 Å². The zero-order valence-corrected chi connectivity index (χ0v) is 13.4. The first kappa shape index (κ1) is 17.2. The van der Waals surface area contributed by atoms with Crippen LogP contribution in [0.5, 0.6) is 5.75 Å². The van der Waals surface area contributed by atoms with Gasteiger partial charge in [-0.2, -0.15) is 0 Å². The molecule has 1 atom stereocenters. The molecular weight excluding hydrogens is 296 g/mol. The van der Waals surface area contributed by atoms with Crippen molar-refractivity contribution in [2.24, 2.45) is 0 Å². The number of aliphatic hydroxyl groups is 1. The van der Waals surface area contributed by atoms with E-state index in [1.54, 1.807) is 18.2 Å². The van der Waals surface area contributed by atoms with Gasteiger partial charge in [-0.05, 0) is 30.7 Å². The van der Waals surface area contributed by atoms with Crippen LogP contribution in [0, 0.1) is 0 Å². The highest BCUT2D eigenvalue weighted by Gasteiger charge is 2.35. The molecular formula is C18H22O5. The average molecular weight is 318 g/mol. The third-order valence-corrected chi connectivity index (χ3v) is 3.81. The van der Waals surface area contributed by atoms with Gasteiger partial charge in [0.05, 0.1) is 24.2 Å². The van der Waals surface area contributed by atoms with Gasteiger partial charge in [0.2, 0.25) is 0 Å². The molecule has 0 saturated heterocycles. The number of allylic oxidation sites excluding steroid dienone is 2. The van der Waals surface area contributed by atoms with Crippen LogP contribution in [-0.2, 0) is 9.47 Å². The van der Waals surface area contributed by atoms with E-state index in [1.165, 1.54) is 25.3 Å². The van der Waals surface area contributed by atoms with Gasteiger partial charge in [-0.3, -0.25) is 4.79 Å². The molecule has 1 aromatic carbocycles. The second-order valence-corrected chi connectivity index (χ2v) is 5.43. The van der Waals surface area contributed by atoms with Crippen molar-refractivity contribution >= 4 is 5.78 Å². The number of hydrogen-bond donors (Lipinski definition) is 2. The Hall–Kier alpha value is -2.11. The Balaban J connectivity index is 2.20. The van der Waals surface area contributed by atoms with Crippen LogP contribution < -0.4 is 0 Å². The number of carbonyl (C=O) groups is 1. The lowest BCUT2D eigenvalue weighted by Crippen LogP contribution is -2.36. The lowest BCUT2D eigenvalue weighted by atomic mass is 9.93. The first-order valence-corrected chi connectivity index (χ1v) is 7.66. The van der Waals surface area contributed by atoms with Gasteiger partial charge >= 0.3 is 0 Å². The van der Waals surface area contributed by atoms with Gasteiger partial charge in [-0.15, -0.1) is 0 Å². The number of unbranched alkanes of at least 4 members (excludes halogenated alkanes) is 1. The Kier molecular flexibility index (Phi) is 5.58. The Morgan fingerprint density at radius 1 is 1.30 bits per heavy atom. The highest BCUT2D eigenvalue weighted by molar-refractivity contribution is 6.12. The highest BCUT2D eigenvalue weighted by atomic mass is 16.7.